The molecule has 1 amide bonds. The van der Waals surface area contributed by atoms with Crippen molar-refractivity contribution in [3.8, 4) is 0 Å². The number of hydrogen-bond acceptors (Lipinski definition) is 4. The van der Waals surface area contributed by atoms with Gasteiger partial charge in [-0.15, -0.1) is 0 Å². The Morgan fingerprint density at radius 3 is 2.26 bits per heavy atom. The SMILES string of the molecule is CC1(C)C2CC[C@]3(C)[C@H](C(=O)C=C4[C@H]5C[C@@](C)(C(=O)NO)CC[C@]5(C)CC[C@]43C)C2(C)CC[C@@H]1O. The summed E-state index contributed by atoms with van der Waals surface area (Å²) in [5, 5.41) is 20.3. The van der Waals surface area contributed by atoms with Crippen molar-refractivity contribution in [1.82, 2.24) is 5.48 Å². The van der Waals surface area contributed by atoms with Crippen LogP contribution in [0.5, 0.6) is 0 Å². The molecule has 0 heterocycles. The third kappa shape index (κ3) is 3.06. The molecule has 5 aliphatic rings. The smallest absolute Gasteiger partial charge is 0.249 e. The number of nitrogens with one attached hydrogen (secondary N) is 1. The summed E-state index contributed by atoms with van der Waals surface area (Å²) in [6, 6.07) is 0. The van der Waals surface area contributed by atoms with Gasteiger partial charge in [0.15, 0.2) is 5.78 Å². The van der Waals surface area contributed by atoms with E-state index in [9.17, 15) is 19.9 Å². The summed E-state index contributed by atoms with van der Waals surface area (Å²) in [7, 11) is 0. The fourth-order valence-electron chi connectivity index (χ4n) is 10.5. The average molecular weight is 486 g/mol. The van der Waals surface area contributed by atoms with Gasteiger partial charge < -0.3 is 5.11 Å². The van der Waals surface area contributed by atoms with E-state index in [2.05, 4.69) is 41.5 Å². The number of aliphatic hydroxyl groups is 1. The van der Waals surface area contributed by atoms with E-state index >= 15 is 0 Å². The van der Waals surface area contributed by atoms with Crippen LogP contribution < -0.4 is 5.48 Å². The highest BCUT2D eigenvalue weighted by molar-refractivity contribution is 5.95. The van der Waals surface area contributed by atoms with E-state index in [1.165, 1.54) is 5.57 Å². The van der Waals surface area contributed by atoms with Crippen LogP contribution in [0.15, 0.2) is 11.6 Å². The molecule has 0 saturated heterocycles. The first-order valence-electron chi connectivity index (χ1n) is 14.0. The Bertz CT molecular complexity index is 987. The van der Waals surface area contributed by atoms with Gasteiger partial charge in [0.1, 0.15) is 0 Å². The summed E-state index contributed by atoms with van der Waals surface area (Å²) in [4.78, 5) is 26.9. The Labute approximate surface area is 211 Å². The van der Waals surface area contributed by atoms with Crippen LogP contribution >= 0.6 is 0 Å². The number of allylic oxidation sites excluding steroid dienone is 2. The Hall–Kier alpha value is -1.20. The number of ketones is 1. The maximum absolute atomic E-state index is 14.3. The first-order valence-corrected chi connectivity index (χ1v) is 14.0. The van der Waals surface area contributed by atoms with Crippen LogP contribution in [0, 0.1) is 50.2 Å². The quantitative estimate of drug-likeness (QED) is 0.322. The fraction of sp³-hybridized carbons (Fsp3) is 0.867. The van der Waals surface area contributed by atoms with E-state index in [1.807, 2.05) is 18.5 Å². The van der Waals surface area contributed by atoms with Crippen molar-refractivity contribution < 1.29 is 19.9 Å². The van der Waals surface area contributed by atoms with E-state index < -0.39 is 5.41 Å². The van der Waals surface area contributed by atoms with Gasteiger partial charge in [-0.05, 0) is 103 Å². The molecule has 5 heteroatoms. The lowest BCUT2D eigenvalue weighted by Crippen LogP contribution is -2.66. The normalized spacial score (nSPS) is 52.8. The van der Waals surface area contributed by atoms with E-state index in [1.54, 1.807) is 0 Å². The van der Waals surface area contributed by atoms with E-state index in [0.29, 0.717) is 12.3 Å². The van der Waals surface area contributed by atoms with Crippen LogP contribution in [0.1, 0.15) is 106 Å². The molecule has 0 aromatic rings. The molecule has 0 spiro atoms. The first-order chi connectivity index (χ1) is 16.1. The minimum absolute atomic E-state index is 0.0330. The molecule has 0 aromatic carbocycles. The predicted octanol–water partition coefficient (Wildman–Crippen LogP) is 5.83. The highest BCUT2D eigenvalue weighted by Crippen LogP contribution is 2.75. The van der Waals surface area contributed by atoms with Crippen molar-refractivity contribution in [2.45, 2.75) is 112 Å². The molecule has 0 bridgehead atoms. The maximum atomic E-state index is 14.3. The van der Waals surface area contributed by atoms with Gasteiger partial charge in [-0.25, -0.2) is 5.48 Å². The van der Waals surface area contributed by atoms with Gasteiger partial charge >= 0.3 is 0 Å². The minimum Gasteiger partial charge on any atom is -0.393 e. The molecule has 5 aliphatic carbocycles. The van der Waals surface area contributed by atoms with Gasteiger partial charge in [0.05, 0.1) is 6.10 Å². The zero-order chi connectivity index (χ0) is 25.8. The van der Waals surface area contributed by atoms with Gasteiger partial charge in [-0.3, -0.25) is 14.8 Å². The second kappa shape index (κ2) is 7.43. The van der Waals surface area contributed by atoms with Gasteiger partial charge in [0.25, 0.3) is 0 Å². The number of carbonyl (C=O) groups is 2. The molecule has 0 aromatic heterocycles. The number of rotatable bonds is 1. The maximum Gasteiger partial charge on any atom is 0.249 e. The van der Waals surface area contributed by atoms with Gasteiger partial charge in [0.2, 0.25) is 5.91 Å². The molecule has 9 atom stereocenters. The third-order valence-electron chi connectivity index (χ3n) is 13.2. The van der Waals surface area contributed by atoms with Crippen LogP contribution in [-0.2, 0) is 9.59 Å². The molecular weight excluding hydrogens is 438 g/mol. The third-order valence-corrected chi connectivity index (χ3v) is 13.2. The van der Waals surface area contributed by atoms with E-state index in [-0.39, 0.29) is 56.7 Å². The lowest BCUT2D eigenvalue weighted by molar-refractivity contribution is -0.202. The first kappa shape index (κ1) is 25.4. The molecule has 4 fully saturated rings. The summed E-state index contributed by atoms with van der Waals surface area (Å²) < 4.78 is 0. The Kier molecular flexibility index (Phi) is 5.40. The molecule has 0 radical (unpaired) electrons. The number of hydrogen-bond donors (Lipinski definition) is 3. The molecule has 2 unspecified atom stereocenters. The average Bonchev–Trinajstić information content (AvgIpc) is 2.78. The van der Waals surface area contributed by atoms with Crippen LogP contribution in [-0.4, -0.2) is 28.1 Å². The number of hydroxylamine groups is 1. The summed E-state index contributed by atoms with van der Waals surface area (Å²) in [6.07, 6.45) is 10.0. The van der Waals surface area contributed by atoms with E-state index in [0.717, 1.165) is 51.4 Å². The lowest BCUT2D eigenvalue weighted by atomic mass is 9.33. The largest absolute Gasteiger partial charge is 0.393 e. The van der Waals surface area contributed by atoms with Crippen molar-refractivity contribution in [3.05, 3.63) is 11.6 Å². The lowest BCUT2D eigenvalue weighted by Gasteiger charge is -2.70. The van der Waals surface area contributed by atoms with Gasteiger partial charge in [0, 0.05) is 11.3 Å². The molecule has 5 nitrogen and oxygen atoms in total. The summed E-state index contributed by atoms with van der Waals surface area (Å²) >= 11 is 0. The Morgan fingerprint density at radius 2 is 1.60 bits per heavy atom. The van der Waals surface area contributed by atoms with E-state index in [4.69, 9.17) is 0 Å². The van der Waals surface area contributed by atoms with Crippen LogP contribution in [0.25, 0.3) is 0 Å². The molecule has 196 valence electrons. The molecule has 35 heavy (non-hydrogen) atoms. The molecule has 0 aliphatic heterocycles. The van der Waals surface area contributed by atoms with Gasteiger partial charge in [-0.1, -0.05) is 54.0 Å². The molecule has 3 N–H and O–H groups in total. The number of amides is 1. The second-order valence-corrected chi connectivity index (χ2v) is 15.1. The highest BCUT2D eigenvalue weighted by Gasteiger charge is 2.70. The highest BCUT2D eigenvalue weighted by atomic mass is 16.5. The summed E-state index contributed by atoms with van der Waals surface area (Å²) in [6.45, 7) is 15.9. The second-order valence-electron chi connectivity index (χ2n) is 15.1. The standard InChI is InChI=1S/C30H47NO4/c1-25(2)21-8-11-30(7)23(28(21,5)10-9-22(25)33)20(32)16-18-19-17-27(4,24(34)31-35)13-12-26(19,3)14-15-29(18,30)6/h16,19,21-23,33,35H,8-15,17H2,1-7H3,(H,31,34)/t19-,21?,22+,23-,26-,27+,28?,29-,30-/m1/s1. The summed E-state index contributed by atoms with van der Waals surface area (Å²) in [5.74, 6) is 0.458. The monoisotopic (exact) mass is 485 g/mol. The van der Waals surface area contributed by atoms with Crippen molar-refractivity contribution >= 4 is 11.7 Å². The number of aliphatic hydroxyl groups excluding tert-OH is 1. The minimum atomic E-state index is -0.619. The molecule has 4 saturated carbocycles. The summed E-state index contributed by atoms with van der Waals surface area (Å²) in [5.41, 5.74) is 2.16. The van der Waals surface area contributed by atoms with Crippen molar-refractivity contribution in [2.75, 3.05) is 0 Å². The zero-order valence-electron chi connectivity index (χ0n) is 23.0. The van der Waals surface area contributed by atoms with Gasteiger partial charge in [-0.2, -0.15) is 0 Å². The molecular formula is C30H47NO4. The van der Waals surface area contributed by atoms with Crippen LogP contribution in [0.3, 0.4) is 0 Å². The molecule has 5 rings (SSSR count). The van der Waals surface area contributed by atoms with Crippen LogP contribution in [0.4, 0.5) is 0 Å². The zero-order valence-corrected chi connectivity index (χ0v) is 23.0. The topological polar surface area (TPSA) is 86.6 Å². The number of fused-ring (bicyclic) bond motifs is 7. The van der Waals surface area contributed by atoms with Crippen molar-refractivity contribution in [1.29, 1.82) is 0 Å². The number of carbonyl (C=O) groups excluding carboxylic acids is 2. The predicted molar refractivity (Wildman–Crippen MR) is 135 cm³/mol. The van der Waals surface area contributed by atoms with Crippen LogP contribution in [0.2, 0.25) is 0 Å². The Morgan fingerprint density at radius 1 is 0.943 bits per heavy atom. The van der Waals surface area contributed by atoms with Crippen molar-refractivity contribution in [2.24, 2.45) is 50.2 Å². The fourth-order valence-corrected chi connectivity index (χ4v) is 10.5. The van der Waals surface area contributed by atoms with Crippen molar-refractivity contribution in [3.63, 3.8) is 0 Å². The Balaban J connectivity index is 1.61.